The van der Waals surface area contributed by atoms with E-state index in [9.17, 15) is 17.8 Å². The van der Waals surface area contributed by atoms with Crippen molar-refractivity contribution < 1.29 is 17.8 Å². The molecular formula is C15H11ClF2O2S. The van der Waals surface area contributed by atoms with Gasteiger partial charge in [-0.15, -0.1) is 0 Å². The molecule has 2 aromatic carbocycles. The fraction of sp³-hybridized carbons (Fsp3) is 0.133. The standard InChI is InChI=1S/C15H11ClF2O2S/c16-13-4-2-1-3-10(13)8-21(20)9-15(19)12-6-5-11(17)7-14(12)18/h1-7H,8-9H2. The highest BCUT2D eigenvalue weighted by molar-refractivity contribution is 7.85. The molecular weight excluding hydrogens is 318 g/mol. The zero-order chi connectivity index (χ0) is 15.4. The largest absolute Gasteiger partial charge is 0.293 e. The van der Waals surface area contributed by atoms with Gasteiger partial charge in [0.15, 0.2) is 5.78 Å². The molecule has 110 valence electrons. The molecule has 0 aliphatic carbocycles. The Morgan fingerprint density at radius 1 is 1.14 bits per heavy atom. The van der Waals surface area contributed by atoms with Crippen molar-refractivity contribution in [1.29, 1.82) is 0 Å². The van der Waals surface area contributed by atoms with E-state index in [1.165, 1.54) is 0 Å². The molecule has 0 heterocycles. The lowest BCUT2D eigenvalue weighted by Gasteiger charge is -2.05. The summed E-state index contributed by atoms with van der Waals surface area (Å²) in [5, 5.41) is 0.464. The van der Waals surface area contributed by atoms with Gasteiger partial charge in [0, 0.05) is 21.9 Å². The number of halogens is 3. The average Bonchev–Trinajstić information content (AvgIpc) is 2.41. The molecule has 2 aromatic rings. The van der Waals surface area contributed by atoms with Gasteiger partial charge in [-0.25, -0.2) is 8.78 Å². The van der Waals surface area contributed by atoms with E-state index in [0.29, 0.717) is 16.7 Å². The third kappa shape index (κ3) is 4.19. The van der Waals surface area contributed by atoms with Crippen molar-refractivity contribution in [1.82, 2.24) is 0 Å². The summed E-state index contributed by atoms with van der Waals surface area (Å²) in [6, 6.07) is 9.55. The lowest BCUT2D eigenvalue weighted by Crippen LogP contribution is -2.14. The van der Waals surface area contributed by atoms with Crippen LogP contribution >= 0.6 is 11.6 Å². The molecule has 0 aromatic heterocycles. The monoisotopic (exact) mass is 328 g/mol. The van der Waals surface area contributed by atoms with Crippen LogP contribution in [-0.4, -0.2) is 15.7 Å². The van der Waals surface area contributed by atoms with Crippen LogP contribution in [-0.2, 0) is 16.6 Å². The maximum absolute atomic E-state index is 13.5. The molecule has 0 aliphatic heterocycles. The third-order valence-corrected chi connectivity index (χ3v) is 4.38. The van der Waals surface area contributed by atoms with Gasteiger partial charge in [-0.05, 0) is 23.8 Å². The van der Waals surface area contributed by atoms with Crippen molar-refractivity contribution in [2.24, 2.45) is 0 Å². The van der Waals surface area contributed by atoms with Crippen molar-refractivity contribution in [3.8, 4) is 0 Å². The van der Waals surface area contributed by atoms with Gasteiger partial charge in [0.25, 0.3) is 0 Å². The van der Waals surface area contributed by atoms with E-state index in [0.717, 1.165) is 12.1 Å². The predicted octanol–water partition coefficient (Wildman–Crippen LogP) is 3.75. The lowest BCUT2D eigenvalue weighted by molar-refractivity contribution is 0.101. The number of carbonyl (C=O) groups is 1. The van der Waals surface area contributed by atoms with Gasteiger partial charge in [0.1, 0.15) is 11.6 Å². The third-order valence-electron chi connectivity index (χ3n) is 2.80. The SMILES string of the molecule is O=C(CS(=O)Cc1ccccc1Cl)c1ccc(F)cc1F. The van der Waals surface area contributed by atoms with Gasteiger partial charge in [0.05, 0.1) is 17.1 Å². The smallest absolute Gasteiger partial charge is 0.178 e. The zero-order valence-corrected chi connectivity index (χ0v) is 12.4. The summed E-state index contributed by atoms with van der Waals surface area (Å²) >= 11 is 5.94. The fourth-order valence-corrected chi connectivity index (χ4v) is 3.21. The Hall–Kier alpha value is -1.59. The Labute approximate surface area is 128 Å². The first-order chi connectivity index (χ1) is 9.97. The Balaban J connectivity index is 2.06. The van der Waals surface area contributed by atoms with Gasteiger partial charge < -0.3 is 0 Å². The minimum absolute atomic E-state index is 0.105. The first-order valence-electron chi connectivity index (χ1n) is 6.04. The van der Waals surface area contributed by atoms with Crippen molar-refractivity contribution in [2.75, 3.05) is 5.75 Å². The van der Waals surface area contributed by atoms with Crippen LogP contribution in [0.15, 0.2) is 42.5 Å². The Kier molecular flexibility index (Phi) is 5.20. The second-order valence-electron chi connectivity index (χ2n) is 4.37. The topological polar surface area (TPSA) is 34.1 Å². The summed E-state index contributed by atoms with van der Waals surface area (Å²) in [5.41, 5.74) is 0.397. The van der Waals surface area contributed by atoms with Crippen molar-refractivity contribution in [3.63, 3.8) is 0 Å². The molecule has 0 saturated heterocycles. The molecule has 0 radical (unpaired) electrons. The minimum Gasteiger partial charge on any atom is -0.293 e. The molecule has 21 heavy (non-hydrogen) atoms. The molecule has 0 saturated carbocycles. The molecule has 0 fully saturated rings. The summed E-state index contributed by atoms with van der Waals surface area (Å²) < 4.78 is 38.2. The molecule has 2 rings (SSSR count). The van der Waals surface area contributed by atoms with Crippen molar-refractivity contribution in [2.45, 2.75) is 5.75 Å². The van der Waals surface area contributed by atoms with Gasteiger partial charge >= 0.3 is 0 Å². The fourth-order valence-electron chi connectivity index (χ4n) is 1.78. The zero-order valence-electron chi connectivity index (χ0n) is 10.8. The molecule has 0 aliphatic rings. The summed E-state index contributed by atoms with van der Waals surface area (Å²) in [6.45, 7) is 0. The summed E-state index contributed by atoms with van der Waals surface area (Å²) in [5.74, 6) is -2.57. The van der Waals surface area contributed by atoms with Gasteiger partial charge in [-0.3, -0.25) is 9.00 Å². The quantitative estimate of drug-likeness (QED) is 0.783. The van der Waals surface area contributed by atoms with Crippen LogP contribution in [0.4, 0.5) is 8.78 Å². The molecule has 0 N–H and O–H groups in total. The first kappa shape index (κ1) is 15.8. The second-order valence-corrected chi connectivity index (χ2v) is 6.23. The average molecular weight is 329 g/mol. The van der Waals surface area contributed by atoms with E-state index >= 15 is 0 Å². The predicted molar refractivity (Wildman–Crippen MR) is 78.9 cm³/mol. The maximum Gasteiger partial charge on any atom is 0.178 e. The number of hydrogen-bond acceptors (Lipinski definition) is 2. The van der Waals surface area contributed by atoms with Crippen LogP contribution in [0.5, 0.6) is 0 Å². The van der Waals surface area contributed by atoms with E-state index in [1.54, 1.807) is 24.3 Å². The van der Waals surface area contributed by atoms with Crippen molar-refractivity contribution in [3.05, 3.63) is 70.2 Å². The number of rotatable bonds is 5. The summed E-state index contributed by atoms with van der Waals surface area (Å²) in [7, 11) is -1.52. The molecule has 6 heteroatoms. The number of carbonyl (C=O) groups excluding carboxylic acids is 1. The highest BCUT2D eigenvalue weighted by atomic mass is 35.5. The van der Waals surface area contributed by atoms with Crippen LogP contribution in [0.2, 0.25) is 5.02 Å². The molecule has 0 spiro atoms. The number of ketones is 1. The summed E-state index contributed by atoms with van der Waals surface area (Å²) in [4.78, 5) is 11.9. The van der Waals surface area contributed by atoms with Crippen LogP contribution in [0.1, 0.15) is 15.9 Å². The van der Waals surface area contributed by atoms with E-state index in [1.807, 2.05) is 0 Å². The minimum atomic E-state index is -1.52. The van der Waals surface area contributed by atoms with Crippen molar-refractivity contribution >= 4 is 28.2 Å². The number of benzene rings is 2. The van der Waals surface area contributed by atoms with Gasteiger partial charge in [-0.1, -0.05) is 29.8 Å². The molecule has 0 amide bonds. The molecule has 1 atom stereocenters. The Morgan fingerprint density at radius 3 is 2.52 bits per heavy atom. The normalized spacial score (nSPS) is 12.1. The highest BCUT2D eigenvalue weighted by Crippen LogP contribution is 2.17. The maximum atomic E-state index is 13.5. The van der Waals surface area contributed by atoms with Crippen LogP contribution in [0.3, 0.4) is 0 Å². The van der Waals surface area contributed by atoms with E-state index in [2.05, 4.69) is 0 Å². The second kappa shape index (κ2) is 6.91. The van der Waals surface area contributed by atoms with Gasteiger partial charge in [-0.2, -0.15) is 0 Å². The van der Waals surface area contributed by atoms with E-state index in [-0.39, 0.29) is 17.1 Å². The molecule has 1 unspecified atom stereocenters. The van der Waals surface area contributed by atoms with E-state index in [4.69, 9.17) is 11.6 Å². The Bertz CT molecular complexity index is 704. The van der Waals surface area contributed by atoms with E-state index < -0.39 is 28.2 Å². The molecule has 2 nitrogen and oxygen atoms in total. The van der Waals surface area contributed by atoms with Crippen LogP contribution < -0.4 is 0 Å². The summed E-state index contributed by atoms with van der Waals surface area (Å²) in [6.07, 6.45) is 0. The number of Topliss-reactive ketones (excluding diaryl/α,β-unsaturated/α-hetero) is 1. The van der Waals surface area contributed by atoms with Crippen LogP contribution in [0, 0.1) is 11.6 Å². The lowest BCUT2D eigenvalue weighted by atomic mass is 10.1. The number of hydrogen-bond donors (Lipinski definition) is 0. The highest BCUT2D eigenvalue weighted by Gasteiger charge is 2.16. The Morgan fingerprint density at radius 2 is 1.86 bits per heavy atom. The molecule has 0 bridgehead atoms. The first-order valence-corrected chi connectivity index (χ1v) is 7.90. The van der Waals surface area contributed by atoms with Crippen LogP contribution in [0.25, 0.3) is 0 Å². The van der Waals surface area contributed by atoms with Gasteiger partial charge in [0.2, 0.25) is 0 Å².